The van der Waals surface area contributed by atoms with Gasteiger partial charge in [-0.05, 0) is 73.4 Å². The molecular formula is C26H29ClF4O3. The van der Waals surface area contributed by atoms with Gasteiger partial charge in [-0.2, -0.15) is 13.2 Å². The summed E-state index contributed by atoms with van der Waals surface area (Å²) in [4.78, 5) is 13.2. The normalized spacial score (nSPS) is 17.3. The molecule has 0 saturated heterocycles. The Hall–Kier alpha value is -2.28. The van der Waals surface area contributed by atoms with Crippen LogP contribution >= 0.6 is 11.6 Å². The van der Waals surface area contributed by atoms with Crippen LogP contribution in [0.3, 0.4) is 0 Å². The van der Waals surface area contributed by atoms with E-state index in [4.69, 9.17) is 21.1 Å². The van der Waals surface area contributed by atoms with E-state index in [0.29, 0.717) is 29.5 Å². The first kappa shape index (κ1) is 26.3. The monoisotopic (exact) mass is 500 g/mol. The minimum atomic E-state index is -4.48. The maximum absolute atomic E-state index is 13.2. The predicted octanol–water partition coefficient (Wildman–Crippen LogP) is 7.78. The Morgan fingerprint density at radius 1 is 1.06 bits per heavy atom. The van der Waals surface area contributed by atoms with E-state index in [2.05, 4.69) is 13.8 Å². The smallest absolute Gasteiger partial charge is 0.416 e. The fraction of sp³-hybridized carbons (Fsp3) is 0.500. The summed E-state index contributed by atoms with van der Waals surface area (Å²) >= 11 is 6.56. The van der Waals surface area contributed by atoms with Gasteiger partial charge in [0, 0.05) is 5.56 Å². The molecule has 0 radical (unpaired) electrons. The standard InChI is InChI=1S/C26H29ClF4O3/c1-4-33-23(32)25(11-9-24(2,3)10-12-25)19-15-20(22(21(27)16-19)34-14-13-28)17-5-7-18(8-6-17)26(29,30)31/h5-8,15-16H,4,9-14H2,1-3H3. The molecule has 0 heterocycles. The number of hydrogen-bond acceptors (Lipinski definition) is 3. The molecule has 0 atom stereocenters. The molecule has 3 nitrogen and oxygen atoms in total. The minimum Gasteiger partial charge on any atom is -0.489 e. The zero-order valence-electron chi connectivity index (χ0n) is 19.5. The second-order valence-corrected chi connectivity index (χ2v) is 9.82. The molecule has 2 aromatic carbocycles. The van der Waals surface area contributed by atoms with Gasteiger partial charge in [0.2, 0.25) is 0 Å². The van der Waals surface area contributed by atoms with Gasteiger partial charge in [-0.1, -0.05) is 37.6 Å². The summed E-state index contributed by atoms with van der Waals surface area (Å²) in [5, 5.41) is 0.161. The molecule has 34 heavy (non-hydrogen) atoms. The lowest BCUT2D eigenvalue weighted by molar-refractivity contribution is -0.152. The number of rotatable bonds is 7. The zero-order valence-corrected chi connectivity index (χ0v) is 20.3. The van der Waals surface area contributed by atoms with E-state index >= 15 is 0 Å². The summed E-state index contributed by atoms with van der Waals surface area (Å²) in [5.41, 5.74) is -0.218. The lowest BCUT2D eigenvalue weighted by Gasteiger charge is -2.42. The van der Waals surface area contributed by atoms with E-state index in [1.165, 1.54) is 12.1 Å². The van der Waals surface area contributed by atoms with Crippen molar-refractivity contribution in [3.8, 4) is 16.9 Å². The first-order valence-corrected chi connectivity index (χ1v) is 11.7. The fourth-order valence-electron chi connectivity index (χ4n) is 4.44. The molecule has 0 aliphatic heterocycles. The van der Waals surface area contributed by atoms with Crippen molar-refractivity contribution >= 4 is 17.6 Å². The molecule has 0 amide bonds. The third-order valence-corrected chi connectivity index (χ3v) is 6.85. The molecule has 0 spiro atoms. The summed E-state index contributed by atoms with van der Waals surface area (Å²) in [6.45, 7) is 5.25. The molecular weight excluding hydrogens is 472 g/mol. The Balaban J connectivity index is 2.16. The maximum Gasteiger partial charge on any atom is 0.416 e. The van der Waals surface area contributed by atoms with Crippen molar-refractivity contribution in [2.24, 2.45) is 5.41 Å². The number of ether oxygens (including phenoxy) is 2. The molecule has 0 bridgehead atoms. The molecule has 0 aromatic heterocycles. The topological polar surface area (TPSA) is 35.5 Å². The van der Waals surface area contributed by atoms with E-state index in [-0.39, 0.29) is 35.4 Å². The summed E-state index contributed by atoms with van der Waals surface area (Å²) < 4.78 is 63.1. The van der Waals surface area contributed by atoms with Crippen LogP contribution in [0, 0.1) is 5.41 Å². The Morgan fingerprint density at radius 3 is 2.21 bits per heavy atom. The summed E-state index contributed by atoms with van der Waals surface area (Å²) in [6.07, 6.45) is -1.80. The van der Waals surface area contributed by atoms with Gasteiger partial charge in [-0.3, -0.25) is 4.79 Å². The van der Waals surface area contributed by atoms with Crippen LogP contribution in [0.1, 0.15) is 57.6 Å². The highest BCUT2D eigenvalue weighted by atomic mass is 35.5. The summed E-state index contributed by atoms with van der Waals surface area (Å²) in [6, 6.07) is 7.94. The number of halogens is 5. The third-order valence-electron chi connectivity index (χ3n) is 6.57. The highest BCUT2D eigenvalue weighted by Crippen LogP contribution is 2.50. The number of benzene rings is 2. The van der Waals surface area contributed by atoms with Crippen LogP contribution in [0.2, 0.25) is 5.02 Å². The molecule has 2 aromatic rings. The average molecular weight is 501 g/mol. The van der Waals surface area contributed by atoms with Crippen LogP contribution in [0.25, 0.3) is 11.1 Å². The number of esters is 1. The van der Waals surface area contributed by atoms with E-state index < -0.39 is 23.8 Å². The molecule has 1 fully saturated rings. The number of carbonyl (C=O) groups is 1. The van der Waals surface area contributed by atoms with Crippen LogP contribution in [-0.4, -0.2) is 25.9 Å². The number of alkyl halides is 4. The Kier molecular flexibility index (Phi) is 7.85. The molecule has 3 rings (SSSR count). The van der Waals surface area contributed by atoms with Gasteiger partial charge in [0.25, 0.3) is 0 Å². The second-order valence-electron chi connectivity index (χ2n) is 9.41. The molecule has 1 saturated carbocycles. The van der Waals surface area contributed by atoms with Gasteiger partial charge >= 0.3 is 12.1 Å². The zero-order chi connectivity index (χ0) is 25.1. The van der Waals surface area contributed by atoms with E-state index in [1.807, 2.05) is 0 Å². The quantitative estimate of drug-likeness (QED) is 0.287. The van der Waals surface area contributed by atoms with Crippen LogP contribution in [0.15, 0.2) is 36.4 Å². The first-order chi connectivity index (χ1) is 15.9. The Bertz CT molecular complexity index is 1010. The van der Waals surface area contributed by atoms with Gasteiger partial charge in [0.1, 0.15) is 19.0 Å². The van der Waals surface area contributed by atoms with Gasteiger partial charge in [0.05, 0.1) is 22.6 Å². The SMILES string of the molecule is CCOC(=O)C1(c2cc(Cl)c(OCCF)c(-c3ccc(C(F)(F)F)cc3)c2)CCC(C)(C)CC1. The van der Waals surface area contributed by atoms with Crippen molar-refractivity contribution in [1.82, 2.24) is 0 Å². The molecule has 186 valence electrons. The van der Waals surface area contributed by atoms with Gasteiger partial charge < -0.3 is 9.47 Å². The van der Waals surface area contributed by atoms with Crippen molar-refractivity contribution in [3.05, 3.63) is 52.5 Å². The van der Waals surface area contributed by atoms with Gasteiger partial charge in [0.15, 0.2) is 0 Å². The largest absolute Gasteiger partial charge is 0.489 e. The van der Waals surface area contributed by atoms with Crippen molar-refractivity contribution in [2.75, 3.05) is 19.9 Å². The van der Waals surface area contributed by atoms with E-state index in [1.54, 1.807) is 19.1 Å². The highest BCUT2D eigenvalue weighted by molar-refractivity contribution is 6.32. The summed E-state index contributed by atoms with van der Waals surface area (Å²) in [5.74, 6) is -0.185. The molecule has 1 aliphatic carbocycles. The van der Waals surface area contributed by atoms with Crippen LogP contribution in [0.4, 0.5) is 17.6 Å². The second kappa shape index (κ2) is 10.1. The van der Waals surface area contributed by atoms with Crippen molar-refractivity contribution in [2.45, 2.75) is 58.0 Å². The molecule has 0 unspecified atom stereocenters. The molecule has 0 N–H and O–H groups in total. The molecule has 1 aliphatic rings. The van der Waals surface area contributed by atoms with E-state index in [9.17, 15) is 22.4 Å². The Morgan fingerprint density at radius 2 is 1.68 bits per heavy atom. The maximum atomic E-state index is 13.2. The lowest BCUT2D eigenvalue weighted by Crippen LogP contribution is -2.42. The summed E-state index contributed by atoms with van der Waals surface area (Å²) in [7, 11) is 0. The number of carbonyl (C=O) groups excluding carboxylic acids is 1. The van der Waals surface area contributed by atoms with Crippen molar-refractivity contribution in [3.63, 3.8) is 0 Å². The van der Waals surface area contributed by atoms with Crippen LogP contribution in [-0.2, 0) is 21.1 Å². The van der Waals surface area contributed by atoms with Crippen LogP contribution < -0.4 is 4.74 Å². The molecule has 8 heteroatoms. The highest BCUT2D eigenvalue weighted by Gasteiger charge is 2.47. The predicted molar refractivity (Wildman–Crippen MR) is 124 cm³/mol. The third kappa shape index (κ3) is 5.51. The van der Waals surface area contributed by atoms with Crippen LogP contribution in [0.5, 0.6) is 5.75 Å². The first-order valence-electron chi connectivity index (χ1n) is 11.3. The van der Waals surface area contributed by atoms with Gasteiger partial charge in [-0.15, -0.1) is 0 Å². The van der Waals surface area contributed by atoms with E-state index in [0.717, 1.165) is 25.0 Å². The minimum absolute atomic E-state index is 0.0697. The number of hydrogen-bond donors (Lipinski definition) is 0. The Labute approximate surface area is 202 Å². The van der Waals surface area contributed by atoms with Gasteiger partial charge in [-0.25, -0.2) is 4.39 Å². The van der Waals surface area contributed by atoms with Crippen molar-refractivity contribution in [1.29, 1.82) is 0 Å². The lowest BCUT2D eigenvalue weighted by atomic mass is 9.62. The average Bonchev–Trinajstić information content (AvgIpc) is 2.78. The fourth-order valence-corrected chi connectivity index (χ4v) is 4.72. The van der Waals surface area contributed by atoms with Crippen molar-refractivity contribution < 1.29 is 31.8 Å².